The first-order valence-corrected chi connectivity index (χ1v) is 10.8. The van der Waals surface area contributed by atoms with Crippen molar-refractivity contribution in [1.82, 2.24) is 20.0 Å². The van der Waals surface area contributed by atoms with E-state index in [4.69, 9.17) is 0 Å². The van der Waals surface area contributed by atoms with Crippen LogP contribution in [0.4, 0.5) is 5.13 Å². The summed E-state index contributed by atoms with van der Waals surface area (Å²) >= 11 is 1.39. The van der Waals surface area contributed by atoms with Gasteiger partial charge in [0.1, 0.15) is 5.01 Å². The highest BCUT2D eigenvalue weighted by molar-refractivity contribution is 7.15. The monoisotopic (exact) mass is 393 g/mol. The largest absolute Gasteiger partial charge is 0.340 e. The van der Waals surface area contributed by atoms with Gasteiger partial charge in [-0.05, 0) is 12.8 Å². The molecule has 0 spiro atoms. The molecule has 1 saturated carbocycles. The molecule has 0 aromatic carbocycles. The molecule has 3 rings (SSSR count). The number of rotatable bonds is 5. The molecule has 1 aliphatic heterocycles. The van der Waals surface area contributed by atoms with Crippen molar-refractivity contribution in [3.63, 3.8) is 0 Å². The Kier molecular flexibility index (Phi) is 6.47. The summed E-state index contributed by atoms with van der Waals surface area (Å²) in [5, 5.41) is 12.3. The third kappa shape index (κ3) is 5.48. The van der Waals surface area contributed by atoms with Gasteiger partial charge in [0.25, 0.3) is 0 Å². The molecule has 27 heavy (non-hydrogen) atoms. The topological polar surface area (TPSA) is 78.4 Å². The lowest BCUT2D eigenvalue weighted by molar-refractivity contribution is -0.134. The number of carbonyl (C=O) groups is 2. The Morgan fingerprint density at radius 1 is 1.07 bits per heavy atom. The molecule has 1 saturated heterocycles. The second-order valence-corrected chi connectivity index (χ2v) is 9.54. The molecule has 1 aromatic rings. The van der Waals surface area contributed by atoms with Crippen LogP contribution in [-0.4, -0.2) is 64.0 Å². The average molecular weight is 394 g/mol. The predicted molar refractivity (Wildman–Crippen MR) is 107 cm³/mol. The lowest BCUT2D eigenvalue weighted by Gasteiger charge is -2.38. The molecular formula is C19H31N5O2S. The minimum atomic E-state index is -0.176. The minimum Gasteiger partial charge on any atom is -0.340 e. The summed E-state index contributed by atoms with van der Waals surface area (Å²) in [4.78, 5) is 29.0. The molecule has 0 radical (unpaired) electrons. The number of nitrogens with zero attached hydrogens (tertiary/aromatic N) is 4. The maximum absolute atomic E-state index is 12.4. The number of aromatic nitrogens is 2. The van der Waals surface area contributed by atoms with Crippen LogP contribution < -0.4 is 5.32 Å². The molecule has 2 amide bonds. The molecule has 2 heterocycles. The number of hydrogen-bond acceptors (Lipinski definition) is 6. The third-order valence-electron chi connectivity index (χ3n) is 5.39. The molecule has 2 aliphatic rings. The van der Waals surface area contributed by atoms with Crippen LogP contribution in [0, 0.1) is 0 Å². The molecule has 1 aromatic heterocycles. The van der Waals surface area contributed by atoms with Crippen LogP contribution in [-0.2, 0) is 15.0 Å². The SMILES string of the molecule is CC(C)(C)c1nnc(NC(=O)CCC(=O)N2CCN(C3CCCC3)CC2)s1. The number of anilines is 1. The van der Waals surface area contributed by atoms with Crippen LogP contribution in [0.1, 0.15) is 64.3 Å². The molecule has 0 atom stereocenters. The van der Waals surface area contributed by atoms with Crippen molar-refractivity contribution in [2.75, 3.05) is 31.5 Å². The van der Waals surface area contributed by atoms with E-state index < -0.39 is 0 Å². The summed E-state index contributed by atoms with van der Waals surface area (Å²) in [7, 11) is 0. The van der Waals surface area contributed by atoms with Crippen molar-refractivity contribution in [3.05, 3.63) is 5.01 Å². The van der Waals surface area contributed by atoms with Crippen molar-refractivity contribution >= 4 is 28.3 Å². The molecule has 7 nitrogen and oxygen atoms in total. The first-order valence-electron chi connectivity index (χ1n) is 9.98. The fraction of sp³-hybridized carbons (Fsp3) is 0.789. The van der Waals surface area contributed by atoms with Crippen molar-refractivity contribution in [1.29, 1.82) is 0 Å². The second-order valence-electron chi connectivity index (χ2n) is 8.57. The van der Waals surface area contributed by atoms with E-state index in [1.165, 1.54) is 37.0 Å². The summed E-state index contributed by atoms with van der Waals surface area (Å²) < 4.78 is 0. The summed E-state index contributed by atoms with van der Waals surface area (Å²) in [5.74, 6) is -0.103. The normalized spacial score (nSPS) is 19.4. The highest BCUT2D eigenvalue weighted by Gasteiger charge is 2.28. The van der Waals surface area contributed by atoms with Gasteiger partial charge in [-0.3, -0.25) is 14.5 Å². The Hall–Kier alpha value is -1.54. The van der Waals surface area contributed by atoms with Crippen LogP contribution in [0.2, 0.25) is 0 Å². The van der Waals surface area contributed by atoms with Gasteiger partial charge in [-0.25, -0.2) is 0 Å². The van der Waals surface area contributed by atoms with Crippen LogP contribution in [0.5, 0.6) is 0 Å². The van der Waals surface area contributed by atoms with Crippen LogP contribution in [0.15, 0.2) is 0 Å². The number of piperazine rings is 1. The molecule has 1 aliphatic carbocycles. The highest BCUT2D eigenvalue weighted by Crippen LogP contribution is 2.28. The molecule has 8 heteroatoms. The van der Waals surface area contributed by atoms with Crippen molar-refractivity contribution in [3.8, 4) is 0 Å². The van der Waals surface area contributed by atoms with Gasteiger partial charge in [0.05, 0.1) is 0 Å². The molecule has 2 fully saturated rings. The van der Waals surface area contributed by atoms with Gasteiger partial charge in [0.15, 0.2) is 0 Å². The third-order valence-corrected chi connectivity index (χ3v) is 6.65. The zero-order chi connectivity index (χ0) is 19.4. The molecule has 0 unspecified atom stereocenters. The van der Waals surface area contributed by atoms with Gasteiger partial charge >= 0.3 is 0 Å². The van der Waals surface area contributed by atoms with E-state index in [2.05, 4.69) is 41.2 Å². The van der Waals surface area contributed by atoms with E-state index in [1.54, 1.807) is 0 Å². The van der Waals surface area contributed by atoms with E-state index >= 15 is 0 Å². The number of carbonyl (C=O) groups excluding carboxylic acids is 2. The number of nitrogens with one attached hydrogen (secondary N) is 1. The van der Waals surface area contributed by atoms with Crippen LogP contribution in [0.25, 0.3) is 0 Å². The summed E-state index contributed by atoms with van der Waals surface area (Å²) in [5.41, 5.74) is -0.0861. The lowest BCUT2D eigenvalue weighted by Crippen LogP contribution is -2.51. The predicted octanol–water partition coefficient (Wildman–Crippen LogP) is 2.64. The standard InChI is InChI=1S/C19H31N5O2S/c1-19(2,3)17-21-22-18(27-17)20-15(25)8-9-16(26)24-12-10-23(11-13-24)14-6-4-5-7-14/h14H,4-13H2,1-3H3,(H,20,22,25). The Labute approximate surface area is 165 Å². The smallest absolute Gasteiger partial charge is 0.226 e. The summed E-state index contributed by atoms with van der Waals surface area (Å²) in [6.45, 7) is 9.66. The Balaban J connectivity index is 1.38. The zero-order valence-corrected chi connectivity index (χ0v) is 17.5. The second kappa shape index (κ2) is 8.65. The molecule has 150 valence electrons. The fourth-order valence-corrected chi connectivity index (χ4v) is 4.56. The highest BCUT2D eigenvalue weighted by atomic mass is 32.1. The summed E-state index contributed by atoms with van der Waals surface area (Å²) in [6, 6.07) is 0.720. The van der Waals surface area contributed by atoms with E-state index in [9.17, 15) is 9.59 Å². The minimum absolute atomic E-state index is 0.0730. The van der Waals surface area contributed by atoms with Gasteiger partial charge in [-0.1, -0.05) is 44.9 Å². The Morgan fingerprint density at radius 3 is 2.33 bits per heavy atom. The van der Waals surface area contributed by atoms with Gasteiger partial charge in [0.2, 0.25) is 16.9 Å². The van der Waals surface area contributed by atoms with Crippen molar-refractivity contribution in [2.24, 2.45) is 0 Å². The van der Waals surface area contributed by atoms with Gasteiger partial charge < -0.3 is 10.2 Å². The maximum atomic E-state index is 12.4. The summed E-state index contributed by atoms with van der Waals surface area (Å²) in [6.07, 6.45) is 5.72. The molecular weight excluding hydrogens is 362 g/mol. The zero-order valence-electron chi connectivity index (χ0n) is 16.7. The maximum Gasteiger partial charge on any atom is 0.226 e. The van der Waals surface area contributed by atoms with E-state index in [-0.39, 0.29) is 30.1 Å². The van der Waals surface area contributed by atoms with Gasteiger partial charge in [-0.15, -0.1) is 10.2 Å². The quantitative estimate of drug-likeness (QED) is 0.832. The molecule has 1 N–H and O–H groups in total. The Morgan fingerprint density at radius 2 is 1.74 bits per heavy atom. The van der Waals surface area contributed by atoms with Crippen LogP contribution in [0.3, 0.4) is 0 Å². The fourth-order valence-electron chi connectivity index (χ4n) is 3.74. The lowest BCUT2D eigenvalue weighted by atomic mass is 9.98. The van der Waals surface area contributed by atoms with E-state index in [0.717, 1.165) is 37.2 Å². The Bertz CT molecular complexity index is 655. The first-order chi connectivity index (χ1) is 12.8. The van der Waals surface area contributed by atoms with Gasteiger partial charge in [-0.2, -0.15) is 0 Å². The van der Waals surface area contributed by atoms with Crippen molar-refractivity contribution < 1.29 is 9.59 Å². The van der Waals surface area contributed by atoms with E-state index in [0.29, 0.717) is 5.13 Å². The van der Waals surface area contributed by atoms with Crippen molar-refractivity contribution in [2.45, 2.75) is 70.8 Å². The molecule has 0 bridgehead atoms. The number of amides is 2. The van der Waals surface area contributed by atoms with Crippen LogP contribution >= 0.6 is 11.3 Å². The van der Waals surface area contributed by atoms with E-state index in [1.807, 2.05) is 4.90 Å². The first kappa shape index (κ1) is 20.2. The van der Waals surface area contributed by atoms with Gasteiger partial charge in [0, 0.05) is 50.5 Å². The average Bonchev–Trinajstić information content (AvgIpc) is 3.31. The number of hydrogen-bond donors (Lipinski definition) is 1.